The van der Waals surface area contributed by atoms with E-state index in [1.807, 2.05) is 31.2 Å². The maximum absolute atomic E-state index is 12.1. The maximum Gasteiger partial charge on any atom is 0.236 e. The van der Waals surface area contributed by atoms with Gasteiger partial charge >= 0.3 is 0 Å². The molecule has 0 atom stereocenters. The van der Waals surface area contributed by atoms with Crippen LogP contribution in [0.2, 0.25) is 5.02 Å². The van der Waals surface area contributed by atoms with Gasteiger partial charge in [-0.05, 0) is 36.2 Å². The van der Waals surface area contributed by atoms with Gasteiger partial charge in [-0.2, -0.15) is 0 Å². The van der Waals surface area contributed by atoms with Gasteiger partial charge in [-0.1, -0.05) is 41.9 Å². The Morgan fingerprint density at radius 2 is 1.84 bits per heavy atom. The van der Waals surface area contributed by atoms with Crippen molar-refractivity contribution in [2.75, 3.05) is 4.72 Å². The molecule has 2 aromatic carbocycles. The van der Waals surface area contributed by atoms with Gasteiger partial charge in [0.1, 0.15) is 0 Å². The minimum Gasteiger partial charge on any atom is -0.283 e. The lowest BCUT2D eigenvalue weighted by Gasteiger charge is -2.10. The zero-order valence-electron chi connectivity index (χ0n) is 10.4. The van der Waals surface area contributed by atoms with Gasteiger partial charge in [0.15, 0.2) is 0 Å². The summed E-state index contributed by atoms with van der Waals surface area (Å²) >= 11 is 5.82. The van der Waals surface area contributed by atoms with Crippen molar-refractivity contribution in [3.63, 3.8) is 0 Å². The summed E-state index contributed by atoms with van der Waals surface area (Å²) in [6.07, 6.45) is 0. The molecule has 0 spiro atoms. The molecule has 0 bridgehead atoms. The van der Waals surface area contributed by atoms with Crippen LogP contribution in [0.15, 0.2) is 48.5 Å². The molecule has 100 valence electrons. The topological polar surface area (TPSA) is 46.2 Å². The van der Waals surface area contributed by atoms with E-state index < -0.39 is 10.0 Å². The van der Waals surface area contributed by atoms with Crippen molar-refractivity contribution in [3.8, 4) is 0 Å². The summed E-state index contributed by atoms with van der Waals surface area (Å²) < 4.78 is 26.7. The number of hydrogen-bond acceptors (Lipinski definition) is 2. The van der Waals surface area contributed by atoms with Crippen LogP contribution >= 0.6 is 11.6 Å². The van der Waals surface area contributed by atoms with E-state index in [1.165, 1.54) is 0 Å². The molecule has 0 aliphatic heterocycles. The first kappa shape index (κ1) is 13.9. The van der Waals surface area contributed by atoms with E-state index >= 15 is 0 Å². The lowest BCUT2D eigenvalue weighted by molar-refractivity contribution is 0.600. The molecule has 3 nitrogen and oxygen atoms in total. The number of sulfonamides is 1. The van der Waals surface area contributed by atoms with E-state index in [0.29, 0.717) is 10.7 Å². The average molecular weight is 296 g/mol. The van der Waals surface area contributed by atoms with Gasteiger partial charge in [-0.15, -0.1) is 0 Å². The van der Waals surface area contributed by atoms with Crippen molar-refractivity contribution >= 4 is 27.3 Å². The smallest absolute Gasteiger partial charge is 0.236 e. The Labute approximate surface area is 118 Å². The molecule has 5 heteroatoms. The summed E-state index contributed by atoms with van der Waals surface area (Å²) in [4.78, 5) is 0. The zero-order valence-corrected chi connectivity index (χ0v) is 12.0. The van der Waals surface area contributed by atoms with Crippen molar-refractivity contribution in [2.45, 2.75) is 12.7 Å². The number of hydrogen-bond donors (Lipinski definition) is 1. The van der Waals surface area contributed by atoms with Crippen molar-refractivity contribution < 1.29 is 8.42 Å². The van der Waals surface area contributed by atoms with E-state index in [1.54, 1.807) is 24.3 Å². The Hall–Kier alpha value is -1.52. The van der Waals surface area contributed by atoms with Crippen LogP contribution in [0.1, 0.15) is 11.1 Å². The quantitative estimate of drug-likeness (QED) is 0.937. The fraction of sp³-hybridized carbons (Fsp3) is 0.143. The van der Waals surface area contributed by atoms with Crippen LogP contribution in [-0.4, -0.2) is 8.42 Å². The SMILES string of the molecule is Cc1ccccc1CS(=O)(=O)Nc1cccc(Cl)c1. The molecule has 2 aromatic rings. The second-order valence-corrected chi connectivity index (χ2v) is 6.46. The van der Waals surface area contributed by atoms with Crippen molar-refractivity contribution in [1.82, 2.24) is 0 Å². The molecule has 0 amide bonds. The first-order valence-electron chi connectivity index (χ1n) is 5.77. The van der Waals surface area contributed by atoms with Crippen molar-refractivity contribution in [2.24, 2.45) is 0 Å². The molecule has 0 unspecified atom stereocenters. The molecule has 19 heavy (non-hydrogen) atoms. The van der Waals surface area contributed by atoms with Crippen molar-refractivity contribution in [1.29, 1.82) is 0 Å². The first-order valence-corrected chi connectivity index (χ1v) is 7.80. The molecule has 0 radical (unpaired) electrons. The third kappa shape index (κ3) is 3.98. The van der Waals surface area contributed by atoms with Gasteiger partial charge in [0.25, 0.3) is 0 Å². The monoisotopic (exact) mass is 295 g/mol. The first-order chi connectivity index (χ1) is 8.96. The van der Waals surface area contributed by atoms with Gasteiger partial charge in [0.05, 0.1) is 5.75 Å². The van der Waals surface area contributed by atoms with E-state index in [-0.39, 0.29) is 5.75 Å². The predicted octanol–water partition coefficient (Wildman–Crippen LogP) is 3.59. The second kappa shape index (κ2) is 5.63. The summed E-state index contributed by atoms with van der Waals surface area (Å²) in [6.45, 7) is 1.89. The molecule has 0 aromatic heterocycles. The fourth-order valence-electron chi connectivity index (χ4n) is 1.74. The standard InChI is InChI=1S/C14H14ClNO2S/c1-11-5-2-3-6-12(11)10-19(17,18)16-14-8-4-7-13(15)9-14/h2-9,16H,10H2,1H3. The third-order valence-electron chi connectivity index (χ3n) is 2.70. The van der Waals surface area contributed by atoms with Gasteiger partial charge in [-0.25, -0.2) is 8.42 Å². The van der Waals surface area contributed by atoms with Crippen LogP contribution in [0.3, 0.4) is 0 Å². The molecule has 1 N–H and O–H groups in total. The number of anilines is 1. The van der Waals surface area contributed by atoms with Crippen LogP contribution in [0.4, 0.5) is 5.69 Å². The zero-order chi connectivity index (χ0) is 13.9. The van der Waals surface area contributed by atoms with Crippen LogP contribution in [0, 0.1) is 6.92 Å². The summed E-state index contributed by atoms with van der Waals surface area (Å²) in [6, 6.07) is 14.1. The average Bonchev–Trinajstić information content (AvgIpc) is 2.31. The molecule has 0 saturated carbocycles. The summed E-state index contributed by atoms with van der Waals surface area (Å²) in [5.41, 5.74) is 2.22. The molecule has 0 aliphatic rings. The van der Waals surface area contributed by atoms with Gasteiger partial charge in [-0.3, -0.25) is 4.72 Å². The normalized spacial score (nSPS) is 11.3. The minimum absolute atomic E-state index is 0.0494. The Morgan fingerprint density at radius 3 is 2.53 bits per heavy atom. The van der Waals surface area contributed by atoms with Gasteiger partial charge < -0.3 is 0 Å². The Bertz CT molecular complexity index is 683. The van der Waals surface area contributed by atoms with Gasteiger partial charge in [0.2, 0.25) is 10.0 Å². The Kier molecular flexibility index (Phi) is 4.12. The highest BCUT2D eigenvalue weighted by Gasteiger charge is 2.13. The summed E-state index contributed by atoms with van der Waals surface area (Å²) in [5.74, 6) is -0.0494. The Balaban J connectivity index is 2.18. The Morgan fingerprint density at radius 1 is 1.11 bits per heavy atom. The van der Waals surface area contributed by atoms with Crippen LogP contribution in [0.5, 0.6) is 0 Å². The maximum atomic E-state index is 12.1. The summed E-state index contributed by atoms with van der Waals surface area (Å²) in [5, 5.41) is 0.496. The highest BCUT2D eigenvalue weighted by atomic mass is 35.5. The highest BCUT2D eigenvalue weighted by Crippen LogP contribution is 2.18. The lowest BCUT2D eigenvalue weighted by Crippen LogP contribution is -2.15. The van der Waals surface area contributed by atoms with Crippen LogP contribution in [0.25, 0.3) is 0 Å². The van der Waals surface area contributed by atoms with Crippen LogP contribution < -0.4 is 4.72 Å². The van der Waals surface area contributed by atoms with Crippen molar-refractivity contribution in [3.05, 3.63) is 64.7 Å². The minimum atomic E-state index is -3.44. The molecule has 0 saturated heterocycles. The molecule has 2 rings (SSSR count). The second-order valence-electron chi connectivity index (χ2n) is 4.30. The number of halogens is 1. The van der Waals surface area contributed by atoms with E-state index in [9.17, 15) is 8.42 Å². The van der Waals surface area contributed by atoms with Gasteiger partial charge in [0, 0.05) is 10.7 Å². The number of rotatable bonds is 4. The van der Waals surface area contributed by atoms with E-state index in [4.69, 9.17) is 11.6 Å². The molecule has 0 heterocycles. The molecular formula is C14H14ClNO2S. The third-order valence-corrected chi connectivity index (χ3v) is 4.18. The number of nitrogens with one attached hydrogen (secondary N) is 1. The lowest BCUT2D eigenvalue weighted by atomic mass is 10.1. The van der Waals surface area contributed by atoms with Crippen LogP contribution in [-0.2, 0) is 15.8 Å². The molecular weight excluding hydrogens is 282 g/mol. The molecule has 0 aliphatic carbocycles. The summed E-state index contributed by atoms with van der Waals surface area (Å²) in [7, 11) is -3.44. The fourth-order valence-corrected chi connectivity index (χ4v) is 3.23. The number of aryl methyl sites for hydroxylation is 1. The largest absolute Gasteiger partial charge is 0.283 e. The van der Waals surface area contributed by atoms with E-state index in [2.05, 4.69) is 4.72 Å². The van der Waals surface area contributed by atoms with E-state index in [0.717, 1.165) is 11.1 Å². The highest BCUT2D eigenvalue weighted by molar-refractivity contribution is 7.91. The molecule has 0 fully saturated rings. The predicted molar refractivity (Wildman–Crippen MR) is 78.9 cm³/mol. The number of benzene rings is 2.